The average Bonchev–Trinajstić information content (AvgIpc) is 3.79. The second kappa shape index (κ2) is 18.0. The maximum atomic E-state index is 14.4. The Morgan fingerprint density at radius 3 is 2.21 bits per heavy atom. The zero-order chi connectivity index (χ0) is 39.0. The third-order valence-electron chi connectivity index (χ3n) is 11.1. The molecule has 2 saturated carbocycles. The van der Waals surface area contributed by atoms with Gasteiger partial charge in [-0.05, 0) is 61.3 Å². The number of hydrogen-bond donors (Lipinski definition) is 4. The van der Waals surface area contributed by atoms with E-state index in [0.717, 1.165) is 38.5 Å². The van der Waals surface area contributed by atoms with Crippen LogP contribution in [0.2, 0.25) is 0 Å². The van der Waals surface area contributed by atoms with Crippen molar-refractivity contribution in [1.29, 1.82) is 0 Å². The van der Waals surface area contributed by atoms with Gasteiger partial charge in [-0.25, -0.2) is 4.79 Å². The molecule has 0 radical (unpaired) electrons. The van der Waals surface area contributed by atoms with Crippen molar-refractivity contribution in [2.24, 2.45) is 23.2 Å². The Kier molecular flexibility index (Phi) is 14.0. The lowest BCUT2D eigenvalue weighted by atomic mass is 9.70. The van der Waals surface area contributed by atoms with Crippen LogP contribution in [-0.2, 0) is 33.5 Å². The van der Waals surface area contributed by atoms with Gasteiger partial charge in [-0.2, -0.15) is 0 Å². The summed E-state index contributed by atoms with van der Waals surface area (Å²) < 4.78 is 5.60. The van der Waals surface area contributed by atoms with E-state index in [1.54, 1.807) is 56.3 Å². The molecule has 14 nitrogen and oxygen atoms in total. The Labute approximate surface area is 312 Å². The highest BCUT2D eigenvalue weighted by Crippen LogP contribution is 2.50. The molecule has 7 atom stereocenters. The number of likely N-dealkylation sites (tertiary alicyclic amines) is 1. The Morgan fingerprint density at radius 1 is 0.943 bits per heavy atom. The monoisotopic (exact) mass is 738 g/mol. The predicted octanol–water partition coefficient (Wildman–Crippen LogP) is 2.86. The summed E-state index contributed by atoms with van der Waals surface area (Å²) in [5.74, 6) is -3.78. The van der Waals surface area contributed by atoms with Crippen LogP contribution in [0, 0.1) is 23.2 Å². The number of piperidine rings is 1. The van der Waals surface area contributed by atoms with Crippen LogP contribution >= 0.6 is 0 Å². The molecule has 1 saturated heterocycles. The molecular weight excluding hydrogens is 680 g/mol. The fraction of sp³-hybridized carbons (Fsp3) is 0.667. The predicted molar refractivity (Wildman–Crippen MR) is 197 cm³/mol. The van der Waals surface area contributed by atoms with Gasteiger partial charge in [-0.3, -0.25) is 28.8 Å². The number of alkyl carbamates (subject to hydrolysis) is 1. The van der Waals surface area contributed by atoms with Gasteiger partial charge < -0.3 is 35.8 Å². The van der Waals surface area contributed by atoms with Crippen LogP contribution in [0.25, 0.3) is 0 Å². The van der Waals surface area contributed by atoms with Gasteiger partial charge in [0, 0.05) is 20.6 Å². The maximum absolute atomic E-state index is 14.4. The number of nitrogens with zero attached hydrogens (tertiary/aromatic N) is 2. The summed E-state index contributed by atoms with van der Waals surface area (Å²) in [5, 5.41) is 10.6. The largest absolute Gasteiger partial charge is 0.446 e. The highest BCUT2D eigenvalue weighted by molar-refractivity contribution is 6.38. The Bertz CT molecular complexity index is 1510. The van der Waals surface area contributed by atoms with Gasteiger partial charge >= 0.3 is 6.09 Å². The number of hydrogen-bond acceptors (Lipinski definition) is 8. The maximum Gasteiger partial charge on any atom is 0.408 e. The molecule has 1 aromatic carbocycles. The first-order chi connectivity index (χ1) is 25.1. The summed E-state index contributed by atoms with van der Waals surface area (Å²) in [6.07, 6.45) is 4.70. The average molecular weight is 739 g/mol. The van der Waals surface area contributed by atoms with Crippen LogP contribution in [0.5, 0.6) is 0 Å². The van der Waals surface area contributed by atoms with Gasteiger partial charge in [0.2, 0.25) is 29.4 Å². The van der Waals surface area contributed by atoms with Gasteiger partial charge in [0.05, 0.1) is 12.6 Å². The van der Waals surface area contributed by atoms with Crippen molar-refractivity contribution in [3.05, 3.63) is 35.9 Å². The number of nitrogens with one attached hydrogen (secondary N) is 4. The molecule has 3 fully saturated rings. The lowest BCUT2D eigenvalue weighted by molar-refractivity contribution is -0.145. The third kappa shape index (κ3) is 10.3. The van der Waals surface area contributed by atoms with Crippen molar-refractivity contribution in [3.63, 3.8) is 0 Å². The molecule has 14 heteroatoms. The first-order valence-corrected chi connectivity index (χ1v) is 19.0. The molecule has 4 N–H and O–H groups in total. The van der Waals surface area contributed by atoms with E-state index in [4.69, 9.17) is 4.74 Å². The molecule has 1 aromatic rings. The first kappa shape index (κ1) is 41.3. The number of Topliss-reactive ketones (excluding diaryl/α,β-unsaturated/α-hetero) is 1. The summed E-state index contributed by atoms with van der Waals surface area (Å²) in [4.78, 5) is 96.5. The molecule has 3 aliphatic rings. The van der Waals surface area contributed by atoms with Gasteiger partial charge in [0.25, 0.3) is 5.91 Å². The molecule has 4 rings (SSSR count). The zero-order valence-electron chi connectivity index (χ0n) is 32.2. The fourth-order valence-electron chi connectivity index (χ4n) is 7.46. The Hall–Kier alpha value is -4.49. The van der Waals surface area contributed by atoms with E-state index in [9.17, 15) is 33.6 Å². The molecule has 6 amide bonds. The van der Waals surface area contributed by atoms with Crippen LogP contribution in [0.3, 0.4) is 0 Å². The van der Waals surface area contributed by atoms with Gasteiger partial charge in [-0.1, -0.05) is 83.7 Å². The van der Waals surface area contributed by atoms with E-state index in [1.807, 2.05) is 27.7 Å². The summed E-state index contributed by atoms with van der Waals surface area (Å²) in [7, 11) is 3.13. The summed E-state index contributed by atoms with van der Waals surface area (Å²) >= 11 is 0. The van der Waals surface area contributed by atoms with Crippen LogP contribution in [-0.4, -0.2) is 103 Å². The minimum Gasteiger partial charge on any atom is -0.446 e. The van der Waals surface area contributed by atoms with E-state index >= 15 is 0 Å². The number of ketones is 1. The van der Waals surface area contributed by atoms with Crippen molar-refractivity contribution in [2.45, 2.75) is 116 Å². The summed E-state index contributed by atoms with van der Waals surface area (Å²) in [5.41, 5.74) is 0.0236. The fourth-order valence-corrected chi connectivity index (χ4v) is 7.46. The van der Waals surface area contributed by atoms with Crippen LogP contribution in [0.1, 0.15) is 97.6 Å². The number of carbonyl (C=O) groups is 7. The Balaban J connectivity index is 1.43. The molecule has 1 heterocycles. The molecule has 0 aromatic heterocycles. The number of likely N-dealkylation sites (N-methyl/N-ethyl adjacent to an activating group) is 1. The summed E-state index contributed by atoms with van der Waals surface area (Å²) in [6, 6.07) is 4.71. The molecule has 2 aliphatic carbocycles. The van der Waals surface area contributed by atoms with E-state index < -0.39 is 65.7 Å². The molecule has 1 aliphatic heterocycles. The SMILES string of the molecule is CCC[C@H](NC(=O)[C@@H]1C2C[C@H]2CN1C(=O)[C@@H](NC(=O)O[C@H](C)C(C)C)C1(C)CCCCC1)C(=O)C(=O)NCC(=O)N[C@H](C(=O)N(C)C)c1ccccc1. The second-order valence-electron chi connectivity index (χ2n) is 15.8. The highest BCUT2D eigenvalue weighted by Gasteiger charge is 2.59. The quantitative estimate of drug-likeness (QED) is 0.187. The molecule has 53 heavy (non-hydrogen) atoms. The zero-order valence-corrected chi connectivity index (χ0v) is 32.2. The van der Waals surface area contributed by atoms with E-state index in [2.05, 4.69) is 21.3 Å². The topological polar surface area (TPSA) is 183 Å². The lowest BCUT2D eigenvalue weighted by Gasteiger charge is -2.42. The number of rotatable bonds is 16. The van der Waals surface area contributed by atoms with Gasteiger partial charge in [0.1, 0.15) is 24.2 Å². The number of carbonyl (C=O) groups excluding carboxylic acids is 7. The standard InChI is InChI=1S/C39H58N6O8/c1-8-15-28(32(47)35(49)40-21-29(46)42-30(36(50)44(6)7)25-16-11-9-12-17-25)41-34(48)31-27-20-26(27)22-45(31)37(51)33(39(5)18-13-10-14-19-39)43-38(52)53-24(4)23(2)3/h9,11-12,16-17,23-24,26-28,30-31,33H,8,10,13-15,18-22H2,1-7H3,(H,40,49)(H,41,48)(H,42,46)(H,43,52)/t24-,26+,27?,28+,30+,31+,33-/m1/s1. The van der Waals surface area contributed by atoms with E-state index in [1.165, 1.54) is 4.90 Å². The van der Waals surface area contributed by atoms with Crippen molar-refractivity contribution < 1.29 is 38.3 Å². The summed E-state index contributed by atoms with van der Waals surface area (Å²) in [6.45, 7) is 9.29. The molecule has 0 spiro atoms. The number of ether oxygens (including phenoxy) is 1. The minimum atomic E-state index is -1.19. The highest BCUT2D eigenvalue weighted by atomic mass is 16.6. The Morgan fingerprint density at radius 2 is 1.60 bits per heavy atom. The minimum absolute atomic E-state index is 0.0858. The van der Waals surface area contributed by atoms with Gasteiger partial charge in [0.15, 0.2) is 0 Å². The van der Waals surface area contributed by atoms with Crippen molar-refractivity contribution in [3.8, 4) is 0 Å². The molecular formula is C39H58N6O8. The lowest BCUT2D eigenvalue weighted by Crippen LogP contribution is -2.61. The van der Waals surface area contributed by atoms with Crippen LogP contribution < -0.4 is 21.3 Å². The van der Waals surface area contributed by atoms with Crippen molar-refractivity contribution in [2.75, 3.05) is 27.2 Å². The number of fused-ring (bicyclic) bond motifs is 1. The van der Waals surface area contributed by atoms with Crippen LogP contribution in [0.4, 0.5) is 4.79 Å². The van der Waals surface area contributed by atoms with Gasteiger partial charge in [-0.15, -0.1) is 0 Å². The smallest absolute Gasteiger partial charge is 0.408 e. The molecule has 0 bridgehead atoms. The second-order valence-corrected chi connectivity index (χ2v) is 15.8. The van der Waals surface area contributed by atoms with Crippen molar-refractivity contribution >= 4 is 41.4 Å². The van der Waals surface area contributed by atoms with Crippen LogP contribution in [0.15, 0.2) is 30.3 Å². The van der Waals surface area contributed by atoms with E-state index in [0.29, 0.717) is 18.5 Å². The normalized spacial score (nSPS) is 22.3. The van der Waals surface area contributed by atoms with E-state index in [-0.39, 0.29) is 42.1 Å². The number of amides is 6. The first-order valence-electron chi connectivity index (χ1n) is 19.0. The third-order valence-corrected chi connectivity index (χ3v) is 11.1. The number of benzene rings is 1. The molecule has 1 unspecified atom stereocenters. The molecule has 292 valence electrons. The van der Waals surface area contributed by atoms with Crippen molar-refractivity contribution in [1.82, 2.24) is 31.1 Å².